The van der Waals surface area contributed by atoms with Gasteiger partial charge in [0.25, 0.3) is 0 Å². The van der Waals surface area contributed by atoms with Gasteiger partial charge in [0.15, 0.2) is 0 Å². The summed E-state index contributed by atoms with van der Waals surface area (Å²) in [6, 6.07) is 5.95. The summed E-state index contributed by atoms with van der Waals surface area (Å²) in [6.45, 7) is 2.71. The number of anilines is 2. The molecule has 21 heavy (non-hydrogen) atoms. The van der Waals surface area contributed by atoms with Gasteiger partial charge in [0.1, 0.15) is 5.82 Å². The first kappa shape index (κ1) is 13.7. The molecule has 1 heterocycles. The van der Waals surface area contributed by atoms with Crippen molar-refractivity contribution in [1.82, 2.24) is 9.55 Å². The van der Waals surface area contributed by atoms with Crippen LogP contribution < -0.4 is 10.6 Å². The Kier molecular flexibility index (Phi) is 3.64. The predicted octanol–water partition coefficient (Wildman–Crippen LogP) is 2.69. The smallest absolute Gasteiger partial charge is 0.227 e. The molecule has 0 bridgehead atoms. The second-order valence-electron chi connectivity index (χ2n) is 5.60. The monoisotopic (exact) mass is 284 g/mol. The first-order valence-electron chi connectivity index (χ1n) is 7.25. The second-order valence-corrected chi connectivity index (χ2v) is 5.60. The molecule has 3 rings (SSSR count). The van der Waals surface area contributed by atoms with E-state index in [1.165, 1.54) is 0 Å². The molecule has 2 aromatic rings. The zero-order valence-corrected chi connectivity index (χ0v) is 12.4. The number of aromatic nitrogens is 2. The molecule has 110 valence electrons. The van der Waals surface area contributed by atoms with E-state index in [-0.39, 0.29) is 11.8 Å². The molecule has 2 N–H and O–H groups in total. The lowest BCUT2D eigenvalue weighted by Crippen LogP contribution is -2.13. The van der Waals surface area contributed by atoms with Crippen molar-refractivity contribution in [2.24, 2.45) is 13.0 Å². The molecule has 0 spiro atoms. The van der Waals surface area contributed by atoms with Gasteiger partial charge in [-0.3, -0.25) is 4.79 Å². The van der Waals surface area contributed by atoms with Crippen molar-refractivity contribution in [3.8, 4) is 0 Å². The average Bonchev–Trinajstić information content (AvgIpc) is 3.23. The van der Waals surface area contributed by atoms with Crippen molar-refractivity contribution in [3.63, 3.8) is 0 Å². The molecule has 1 aromatic carbocycles. The highest BCUT2D eigenvalue weighted by Crippen LogP contribution is 2.30. The van der Waals surface area contributed by atoms with E-state index in [9.17, 15) is 4.79 Å². The normalized spacial score (nSPS) is 14.0. The van der Waals surface area contributed by atoms with Gasteiger partial charge in [-0.25, -0.2) is 4.98 Å². The number of nitrogens with zero attached hydrogens (tertiary/aromatic N) is 2. The average molecular weight is 284 g/mol. The van der Waals surface area contributed by atoms with Gasteiger partial charge >= 0.3 is 0 Å². The van der Waals surface area contributed by atoms with Crippen molar-refractivity contribution in [2.75, 3.05) is 10.6 Å². The van der Waals surface area contributed by atoms with Crippen LogP contribution >= 0.6 is 0 Å². The Balaban J connectivity index is 1.68. The summed E-state index contributed by atoms with van der Waals surface area (Å²) in [5, 5.41) is 6.36. The molecular weight excluding hydrogens is 264 g/mol. The Morgan fingerprint density at radius 3 is 2.90 bits per heavy atom. The number of carbonyl (C=O) groups excluding carboxylic acids is 1. The largest absolute Gasteiger partial charge is 0.378 e. The van der Waals surface area contributed by atoms with E-state index in [0.29, 0.717) is 6.54 Å². The molecule has 1 aromatic heterocycles. The van der Waals surface area contributed by atoms with Gasteiger partial charge in [-0.1, -0.05) is 6.07 Å². The Labute approximate surface area is 124 Å². The molecule has 0 atom stereocenters. The summed E-state index contributed by atoms with van der Waals surface area (Å²) >= 11 is 0. The molecule has 0 unspecified atom stereocenters. The number of rotatable bonds is 5. The van der Waals surface area contributed by atoms with E-state index < -0.39 is 0 Å². The van der Waals surface area contributed by atoms with Crippen LogP contribution in [0.1, 0.15) is 24.2 Å². The maximum absolute atomic E-state index is 11.8. The van der Waals surface area contributed by atoms with Crippen LogP contribution in [-0.2, 0) is 18.4 Å². The predicted molar refractivity (Wildman–Crippen MR) is 83.1 cm³/mol. The topological polar surface area (TPSA) is 59.0 Å². The van der Waals surface area contributed by atoms with Crippen LogP contribution in [0.25, 0.3) is 0 Å². The lowest BCUT2D eigenvalue weighted by atomic mass is 10.1. The fourth-order valence-corrected chi connectivity index (χ4v) is 2.22. The molecule has 5 heteroatoms. The van der Waals surface area contributed by atoms with Gasteiger partial charge in [0, 0.05) is 36.7 Å². The molecule has 0 aliphatic heterocycles. The van der Waals surface area contributed by atoms with E-state index in [1.807, 2.05) is 42.9 Å². The number of imidazole rings is 1. The quantitative estimate of drug-likeness (QED) is 0.887. The fourth-order valence-electron chi connectivity index (χ4n) is 2.22. The van der Waals surface area contributed by atoms with Crippen LogP contribution in [0.15, 0.2) is 30.6 Å². The minimum Gasteiger partial charge on any atom is -0.378 e. The summed E-state index contributed by atoms with van der Waals surface area (Å²) in [5.41, 5.74) is 3.01. The van der Waals surface area contributed by atoms with E-state index in [1.54, 1.807) is 6.20 Å². The van der Waals surface area contributed by atoms with Crippen molar-refractivity contribution >= 4 is 17.3 Å². The van der Waals surface area contributed by atoms with E-state index in [2.05, 4.69) is 15.6 Å². The third-order valence-corrected chi connectivity index (χ3v) is 3.81. The number of nitrogens with one attached hydrogen (secondary N) is 2. The molecule has 1 saturated carbocycles. The van der Waals surface area contributed by atoms with Gasteiger partial charge in [-0.15, -0.1) is 0 Å². The maximum Gasteiger partial charge on any atom is 0.227 e. The first-order valence-corrected chi connectivity index (χ1v) is 7.25. The van der Waals surface area contributed by atoms with Crippen LogP contribution in [0, 0.1) is 12.8 Å². The molecule has 5 nitrogen and oxygen atoms in total. The molecule has 0 saturated heterocycles. The summed E-state index contributed by atoms with van der Waals surface area (Å²) in [5.74, 6) is 1.33. The third kappa shape index (κ3) is 3.24. The first-order chi connectivity index (χ1) is 10.1. The Morgan fingerprint density at radius 2 is 2.24 bits per heavy atom. The highest BCUT2D eigenvalue weighted by molar-refractivity contribution is 5.94. The number of amides is 1. The lowest BCUT2D eigenvalue weighted by molar-refractivity contribution is -0.117. The highest BCUT2D eigenvalue weighted by Gasteiger charge is 2.29. The van der Waals surface area contributed by atoms with Gasteiger partial charge in [0.2, 0.25) is 5.91 Å². The van der Waals surface area contributed by atoms with E-state index in [0.717, 1.165) is 35.6 Å². The number of hydrogen-bond acceptors (Lipinski definition) is 3. The van der Waals surface area contributed by atoms with Crippen LogP contribution in [0.2, 0.25) is 0 Å². The molecule has 1 aliphatic rings. The van der Waals surface area contributed by atoms with Gasteiger partial charge < -0.3 is 15.2 Å². The van der Waals surface area contributed by atoms with Crippen molar-refractivity contribution in [1.29, 1.82) is 0 Å². The zero-order valence-electron chi connectivity index (χ0n) is 12.4. The SMILES string of the molecule is Cc1ccc(NC(=O)C2CC2)cc1NCc1nccn1C. The van der Waals surface area contributed by atoms with Crippen molar-refractivity contribution in [3.05, 3.63) is 42.0 Å². The molecular formula is C16H20N4O. The molecule has 1 fully saturated rings. The summed E-state index contributed by atoms with van der Waals surface area (Å²) < 4.78 is 1.99. The fraction of sp³-hybridized carbons (Fsp3) is 0.375. The van der Waals surface area contributed by atoms with Gasteiger partial charge in [0.05, 0.1) is 6.54 Å². The summed E-state index contributed by atoms with van der Waals surface area (Å²) in [6.07, 6.45) is 5.75. The Hall–Kier alpha value is -2.30. The van der Waals surface area contributed by atoms with E-state index >= 15 is 0 Å². The molecule has 1 amide bonds. The van der Waals surface area contributed by atoms with Crippen LogP contribution in [0.4, 0.5) is 11.4 Å². The molecule has 1 aliphatic carbocycles. The minimum absolute atomic E-state index is 0.133. The number of carbonyl (C=O) groups is 1. The van der Waals surface area contributed by atoms with Crippen molar-refractivity contribution < 1.29 is 4.79 Å². The third-order valence-electron chi connectivity index (χ3n) is 3.81. The highest BCUT2D eigenvalue weighted by atomic mass is 16.2. The number of aryl methyl sites for hydroxylation is 2. The van der Waals surface area contributed by atoms with Crippen LogP contribution in [0.5, 0.6) is 0 Å². The van der Waals surface area contributed by atoms with Crippen molar-refractivity contribution in [2.45, 2.75) is 26.3 Å². The van der Waals surface area contributed by atoms with Gasteiger partial charge in [-0.2, -0.15) is 0 Å². The lowest BCUT2D eigenvalue weighted by Gasteiger charge is -2.12. The standard InChI is InChI=1S/C16H20N4O/c1-11-3-6-13(19-16(21)12-4-5-12)9-14(11)18-10-15-17-7-8-20(15)2/h3,6-9,12,18H,4-5,10H2,1-2H3,(H,19,21). The minimum atomic E-state index is 0.133. The van der Waals surface area contributed by atoms with E-state index in [4.69, 9.17) is 0 Å². The maximum atomic E-state index is 11.8. The van der Waals surface area contributed by atoms with Gasteiger partial charge in [-0.05, 0) is 37.5 Å². The van der Waals surface area contributed by atoms with Crippen LogP contribution in [-0.4, -0.2) is 15.5 Å². The summed E-state index contributed by atoms with van der Waals surface area (Å²) in [4.78, 5) is 16.1. The Morgan fingerprint density at radius 1 is 1.43 bits per heavy atom. The number of benzene rings is 1. The Bertz CT molecular complexity index is 658. The molecule has 0 radical (unpaired) electrons. The summed E-state index contributed by atoms with van der Waals surface area (Å²) in [7, 11) is 1.98. The number of hydrogen-bond donors (Lipinski definition) is 2. The van der Waals surface area contributed by atoms with Crippen LogP contribution in [0.3, 0.4) is 0 Å². The zero-order chi connectivity index (χ0) is 14.8. The second kappa shape index (κ2) is 5.60.